The summed E-state index contributed by atoms with van der Waals surface area (Å²) in [5, 5.41) is 11.7. The Morgan fingerprint density at radius 1 is 1.43 bits per heavy atom. The number of aliphatic hydroxyl groups excluding tert-OH is 1. The molecular formula is C13H23N3O4S. The van der Waals surface area contributed by atoms with E-state index < -0.39 is 22.0 Å². The Balaban J connectivity index is 3.05. The van der Waals surface area contributed by atoms with Gasteiger partial charge in [0.1, 0.15) is 10.6 Å². The maximum Gasteiger partial charge on any atom is 0.268 e. The maximum atomic E-state index is 12.4. The lowest BCUT2D eigenvalue weighted by Gasteiger charge is -2.17. The Hall–Kier alpha value is -1.38. The molecule has 120 valence electrons. The minimum absolute atomic E-state index is 0.0934. The zero-order valence-electron chi connectivity index (χ0n) is 12.8. The molecule has 0 aromatic carbocycles. The molecule has 1 unspecified atom stereocenters. The van der Waals surface area contributed by atoms with Gasteiger partial charge in [-0.25, -0.2) is 8.42 Å². The highest BCUT2D eigenvalue weighted by Gasteiger charge is 2.25. The summed E-state index contributed by atoms with van der Waals surface area (Å²) >= 11 is 0. The number of amides is 1. The number of nitrogens with one attached hydrogen (secondary N) is 1. The van der Waals surface area contributed by atoms with E-state index in [1.807, 2.05) is 0 Å². The van der Waals surface area contributed by atoms with E-state index in [0.29, 0.717) is 13.1 Å². The number of rotatable bonds is 7. The summed E-state index contributed by atoms with van der Waals surface area (Å²) in [6.07, 6.45) is 0.762. The third-order valence-corrected chi connectivity index (χ3v) is 5.13. The minimum Gasteiger partial charge on any atom is -0.392 e. The molecule has 0 fully saturated rings. The average Bonchev–Trinajstić information content (AvgIpc) is 2.80. The van der Waals surface area contributed by atoms with Crippen molar-refractivity contribution in [3.8, 4) is 0 Å². The van der Waals surface area contributed by atoms with Crippen LogP contribution in [0, 0.1) is 0 Å². The van der Waals surface area contributed by atoms with Gasteiger partial charge in [0.2, 0.25) is 10.0 Å². The van der Waals surface area contributed by atoms with Crippen LogP contribution in [-0.2, 0) is 17.1 Å². The highest BCUT2D eigenvalue weighted by Crippen LogP contribution is 2.18. The van der Waals surface area contributed by atoms with Gasteiger partial charge in [-0.15, -0.1) is 0 Å². The first-order chi connectivity index (χ1) is 9.73. The van der Waals surface area contributed by atoms with Crippen LogP contribution in [0.3, 0.4) is 0 Å². The number of carbonyl (C=O) groups is 1. The lowest BCUT2D eigenvalue weighted by atomic mass is 10.3. The van der Waals surface area contributed by atoms with E-state index in [4.69, 9.17) is 5.11 Å². The normalized spacial score (nSPS) is 13.4. The van der Waals surface area contributed by atoms with Crippen LogP contribution < -0.4 is 5.32 Å². The summed E-state index contributed by atoms with van der Waals surface area (Å²) < 4.78 is 27.6. The Bertz CT molecular complexity index is 589. The van der Waals surface area contributed by atoms with Crippen LogP contribution in [0.25, 0.3) is 0 Å². The van der Waals surface area contributed by atoms with Crippen LogP contribution >= 0.6 is 0 Å². The SMILES string of the molecule is CCN(CC)S(=O)(=O)c1cc(C(=O)NCC(C)O)n(C)c1. The van der Waals surface area contributed by atoms with Crippen molar-refractivity contribution < 1.29 is 18.3 Å². The van der Waals surface area contributed by atoms with Crippen LogP contribution in [0.5, 0.6) is 0 Å². The fraction of sp³-hybridized carbons (Fsp3) is 0.615. The Morgan fingerprint density at radius 2 is 2.00 bits per heavy atom. The molecule has 1 aromatic heterocycles. The highest BCUT2D eigenvalue weighted by molar-refractivity contribution is 7.89. The zero-order valence-corrected chi connectivity index (χ0v) is 13.6. The Morgan fingerprint density at radius 3 is 2.48 bits per heavy atom. The maximum absolute atomic E-state index is 12.4. The highest BCUT2D eigenvalue weighted by atomic mass is 32.2. The van der Waals surface area contributed by atoms with E-state index in [-0.39, 0.29) is 17.1 Å². The molecule has 0 saturated heterocycles. The van der Waals surface area contributed by atoms with Crippen LogP contribution in [0.15, 0.2) is 17.2 Å². The summed E-state index contributed by atoms with van der Waals surface area (Å²) in [5.74, 6) is -0.417. The second-order valence-corrected chi connectivity index (χ2v) is 6.76. The summed E-state index contributed by atoms with van der Waals surface area (Å²) in [6, 6.07) is 1.35. The third kappa shape index (κ3) is 4.05. The molecule has 2 N–H and O–H groups in total. The summed E-state index contributed by atoms with van der Waals surface area (Å²) in [7, 11) is -1.97. The van der Waals surface area contributed by atoms with Crippen molar-refractivity contribution in [1.29, 1.82) is 0 Å². The number of carbonyl (C=O) groups excluding carboxylic acids is 1. The monoisotopic (exact) mass is 317 g/mol. The van der Waals surface area contributed by atoms with Gasteiger partial charge in [0, 0.05) is 32.9 Å². The largest absolute Gasteiger partial charge is 0.392 e. The van der Waals surface area contributed by atoms with Crippen molar-refractivity contribution >= 4 is 15.9 Å². The molecule has 1 heterocycles. The Labute approximate surface area is 125 Å². The molecule has 0 aliphatic rings. The van der Waals surface area contributed by atoms with Crippen LogP contribution in [0.1, 0.15) is 31.3 Å². The van der Waals surface area contributed by atoms with E-state index in [0.717, 1.165) is 0 Å². The van der Waals surface area contributed by atoms with Gasteiger partial charge in [-0.3, -0.25) is 4.79 Å². The molecule has 7 nitrogen and oxygen atoms in total. The molecule has 1 aromatic rings. The quantitative estimate of drug-likeness (QED) is 0.750. The van der Waals surface area contributed by atoms with Gasteiger partial charge in [-0.2, -0.15) is 4.31 Å². The molecule has 0 aliphatic carbocycles. The topological polar surface area (TPSA) is 91.6 Å². The predicted octanol–water partition coefficient (Wildman–Crippen LogP) is 0.166. The summed E-state index contributed by atoms with van der Waals surface area (Å²) in [5.41, 5.74) is 0.237. The first-order valence-corrected chi connectivity index (χ1v) is 8.30. The molecule has 0 bridgehead atoms. The summed E-state index contributed by atoms with van der Waals surface area (Å²) in [4.78, 5) is 12.1. The predicted molar refractivity (Wildman–Crippen MR) is 79.5 cm³/mol. The minimum atomic E-state index is -3.58. The molecule has 1 rings (SSSR count). The number of aliphatic hydroxyl groups is 1. The van der Waals surface area contributed by atoms with Crippen molar-refractivity contribution in [1.82, 2.24) is 14.2 Å². The Kier molecular flexibility index (Phi) is 5.94. The molecule has 1 amide bonds. The van der Waals surface area contributed by atoms with Gasteiger partial charge >= 0.3 is 0 Å². The lowest BCUT2D eigenvalue weighted by molar-refractivity contribution is 0.0916. The average molecular weight is 317 g/mol. The van der Waals surface area contributed by atoms with Gasteiger partial charge in [0.15, 0.2) is 0 Å². The molecule has 0 radical (unpaired) electrons. The van der Waals surface area contributed by atoms with Gasteiger partial charge in [-0.1, -0.05) is 13.8 Å². The standard InChI is InChI=1S/C13H23N3O4S/c1-5-16(6-2)21(19,20)11-7-12(15(4)9-11)13(18)14-8-10(3)17/h7,9-10,17H,5-6,8H2,1-4H3,(H,14,18). The summed E-state index contributed by atoms with van der Waals surface area (Å²) in [6.45, 7) is 5.94. The second kappa shape index (κ2) is 7.06. The van der Waals surface area contributed by atoms with Crippen molar-refractivity contribution in [2.45, 2.75) is 31.8 Å². The van der Waals surface area contributed by atoms with Gasteiger partial charge in [0.25, 0.3) is 5.91 Å². The van der Waals surface area contributed by atoms with Crippen LogP contribution in [-0.4, -0.2) is 54.0 Å². The van der Waals surface area contributed by atoms with Gasteiger partial charge in [-0.05, 0) is 13.0 Å². The van der Waals surface area contributed by atoms with E-state index >= 15 is 0 Å². The smallest absolute Gasteiger partial charge is 0.268 e. The number of hydrogen-bond acceptors (Lipinski definition) is 4. The fourth-order valence-electron chi connectivity index (χ4n) is 1.94. The van der Waals surface area contributed by atoms with Crippen LogP contribution in [0.4, 0.5) is 0 Å². The first kappa shape index (κ1) is 17.7. The third-order valence-electron chi connectivity index (χ3n) is 3.11. The van der Waals surface area contributed by atoms with Gasteiger partial charge in [0.05, 0.1) is 6.10 Å². The van der Waals surface area contributed by atoms with E-state index in [1.54, 1.807) is 27.8 Å². The molecule has 1 atom stereocenters. The number of sulfonamides is 1. The number of aromatic nitrogens is 1. The number of hydrogen-bond donors (Lipinski definition) is 2. The molecule has 21 heavy (non-hydrogen) atoms. The lowest BCUT2D eigenvalue weighted by Crippen LogP contribution is -2.31. The van der Waals surface area contributed by atoms with Crippen molar-refractivity contribution in [3.05, 3.63) is 18.0 Å². The molecule has 0 saturated carbocycles. The second-order valence-electron chi connectivity index (χ2n) is 4.82. The molecule has 0 aliphatic heterocycles. The van der Waals surface area contributed by atoms with Crippen molar-refractivity contribution in [2.24, 2.45) is 7.05 Å². The van der Waals surface area contributed by atoms with Crippen LogP contribution in [0.2, 0.25) is 0 Å². The zero-order chi connectivity index (χ0) is 16.2. The molecule has 8 heteroatoms. The van der Waals surface area contributed by atoms with E-state index in [1.165, 1.54) is 21.1 Å². The van der Waals surface area contributed by atoms with E-state index in [9.17, 15) is 13.2 Å². The number of aryl methyl sites for hydroxylation is 1. The molecular weight excluding hydrogens is 294 g/mol. The van der Waals surface area contributed by atoms with Crippen molar-refractivity contribution in [2.75, 3.05) is 19.6 Å². The fourth-order valence-corrected chi connectivity index (χ4v) is 3.47. The number of nitrogens with zero attached hydrogens (tertiary/aromatic N) is 2. The first-order valence-electron chi connectivity index (χ1n) is 6.86. The van der Waals surface area contributed by atoms with E-state index in [2.05, 4.69) is 5.32 Å². The van der Waals surface area contributed by atoms with Gasteiger partial charge < -0.3 is 15.0 Å². The van der Waals surface area contributed by atoms with Crippen molar-refractivity contribution in [3.63, 3.8) is 0 Å². The molecule has 0 spiro atoms.